The zero-order valence-electron chi connectivity index (χ0n) is 15.3. The Morgan fingerprint density at radius 2 is 1.90 bits per heavy atom. The van der Waals surface area contributed by atoms with Crippen LogP contribution in [0.4, 0.5) is 5.13 Å². The van der Waals surface area contributed by atoms with Gasteiger partial charge in [-0.05, 0) is 24.6 Å². The molecule has 29 heavy (non-hydrogen) atoms. The number of halogens is 1. The van der Waals surface area contributed by atoms with Gasteiger partial charge >= 0.3 is 0 Å². The van der Waals surface area contributed by atoms with Crippen molar-refractivity contribution in [3.63, 3.8) is 0 Å². The summed E-state index contributed by atoms with van der Waals surface area (Å²) in [5, 5.41) is 16.1. The Kier molecular flexibility index (Phi) is 5.94. The van der Waals surface area contributed by atoms with Gasteiger partial charge in [0.05, 0.1) is 5.69 Å². The monoisotopic (exact) mass is 442 g/mol. The van der Waals surface area contributed by atoms with E-state index in [0.717, 1.165) is 21.2 Å². The Hall–Kier alpha value is -2.68. The number of rotatable bonds is 6. The number of nitrogens with one attached hydrogen (secondary N) is 1. The first-order chi connectivity index (χ1) is 14.1. The molecule has 4 aromatic rings. The van der Waals surface area contributed by atoms with Gasteiger partial charge in [-0.3, -0.25) is 10.1 Å². The Bertz CT molecular complexity index is 1130. The predicted molar refractivity (Wildman–Crippen MR) is 116 cm³/mol. The third-order valence-corrected chi connectivity index (χ3v) is 6.32. The number of carbonyl (C=O) groups is 1. The van der Waals surface area contributed by atoms with Crippen LogP contribution in [0.5, 0.6) is 0 Å². The van der Waals surface area contributed by atoms with Crippen LogP contribution in [0.1, 0.15) is 21.6 Å². The van der Waals surface area contributed by atoms with Crippen LogP contribution in [0.25, 0.3) is 11.3 Å². The van der Waals surface area contributed by atoms with Crippen LogP contribution in [0.15, 0.2) is 63.5 Å². The molecule has 0 fully saturated rings. The molecule has 146 valence electrons. The van der Waals surface area contributed by atoms with E-state index < -0.39 is 0 Å². The fourth-order valence-electron chi connectivity index (χ4n) is 2.63. The number of aryl methyl sites for hydroxylation is 1. The van der Waals surface area contributed by atoms with Gasteiger partial charge in [-0.25, -0.2) is 0 Å². The topological polar surface area (TPSA) is 80.9 Å². The zero-order chi connectivity index (χ0) is 20.2. The summed E-state index contributed by atoms with van der Waals surface area (Å²) < 4.78 is 6.15. The molecule has 0 atom stereocenters. The molecular formula is C20H15ClN4O2S2. The number of hydrogen-bond acceptors (Lipinski definition) is 7. The van der Waals surface area contributed by atoms with Crippen LogP contribution in [-0.2, 0) is 5.75 Å². The molecule has 0 bridgehead atoms. The number of thioether (sulfide) groups is 1. The molecule has 2 heterocycles. The van der Waals surface area contributed by atoms with Gasteiger partial charge in [0.15, 0.2) is 10.1 Å². The summed E-state index contributed by atoms with van der Waals surface area (Å²) in [7, 11) is 0. The van der Waals surface area contributed by atoms with E-state index in [1.807, 2.05) is 54.6 Å². The highest BCUT2D eigenvalue weighted by atomic mass is 35.5. The third-order valence-electron chi connectivity index (χ3n) is 4.03. The van der Waals surface area contributed by atoms with E-state index in [4.69, 9.17) is 16.1 Å². The maximum atomic E-state index is 12.8. The number of carbonyl (C=O) groups excluding carboxylic acids is 1. The highest BCUT2D eigenvalue weighted by Gasteiger charge is 2.22. The van der Waals surface area contributed by atoms with E-state index in [2.05, 4.69) is 20.7 Å². The lowest BCUT2D eigenvalue weighted by Crippen LogP contribution is -2.13. The van der Waals surface area contributed by atoms with Crippen molar-refractivity contribution in [1.29, 1.82) is 0 Å². The van der Waals surface area contributed by atoms with Crippen LogP contribution in [0.3, 0.4) is 0 Å². The first-order valence-electron chi connectivity index (χ1n) is 8.64. The molecule has 0 saturated carbocycles. The molecule has 4 rings (SSSR count). The lowest BCUT2D eigenvalue weighted by molar-refractivity contribution is 0.102. The van der Waals surface area contributed by atoms with Crippen LogP contribution in [0, 0.1) is 6.92 Å². The lowest BCUT2D eigenvalue weighted by Gasteiger charge is -2.02. The number of amides is 1. The van der Waals surface area contributed by atoms with E-state index in [0.29, 0.717) is 27.2 Å². The zero-order valence-corrected chi connectivity index (χ0v) is 17.6. The van der Waals surface area contributed by atoms with Crippen molar-refractivity contribution in [3.05, 3.63) is 76.4 Å². The van der Waals surface area contributed by atoms with Gasteiger partial charge in [-0.2, -0.15) is 0 Å². The Balaban J connectivity index is 1.45. The minimum absolute atomic E-state index is 0.326. The summed E-state index contributed by atoms with van der Waals surface area (Å²) in [5.41, 5.74) is 2.83. The minimum atomic E-state index is -0.326. The van der Waals surface area contributed by atoms with Gasteiger partial charge in [-0.1, -0.05) is 82.3 Å². The summed E-state index contributed by atoms with van der Waals surface area (Å²) in [5.74, 6) is 0.846. The van der Waals surface area contributed by atoms with Gasteiger partial charge in [-0.15, -0.1) is 10.2 Å². The molecule has 0 saturated heterocycles. The molecule has 0 aliphatic carbocycles. The fraction of sp³-hybridized carbons (Fsp3) is 0.100. The smallest absolute Gasteiger partial charge is 0.263 e. The van der Waals surface area contributed by atoms with E-state index >= 15 is 0 Å². The Labute approximate surface area is 180 Å². The van der Waals surface area contributed by atoms with Crippen molar-refractivity contribution < 1.29 is 9.32 Å². The molecule has 9 heteroatoms. The standard InChI is InChI=1S/C20H15ClN4O2S2/c1-12-16(17(27-25-12)14-5-3-2-4-6-14)18(26)22-19-23-24-20(29-19)28-11-13-7-9-15(21)10-8-13/h2-10H,11H2,1H3,(H,22,23,26). The Morgan fingerprint density at radius 3 is 2.66 bits per heavy atom. The van der Waals surface area contributed by atoms with Crippen molar-refractivity contribution >= 4 is 45.7 Å². The maximum Gasteiger partial charge on any atom is 0.263 e. The Morgan fingerprint density at radius 1 is 1.14 bits per heavy atom. The number of hydrogen-bond donors (Lipinski definition) is 1. The maximum absolute atomic E-state index is 12.8. The van der Waals surface area contributed by atoms with Gasteiger partial charge in [0, 0.05) is 16.3 Å². The predicted octanol–water partition coefficient (Wildman–Crippen LogP) is 5.70. The molecule has 6 nitrogen and oxygen atoms in total. The molecule has 0 aliphatic rings. The summed E-state index contributed by atoms with van der Waals surface area (Å²) in [4.78, 5) is 12.8. The number of nitrogens with zero attached hydrogens (tertiary/aromatic N) is 3. The van der Waals surface area contributed by atoms with E-state index in [1.165, 1.54) is 11.3 Å². The minimum Gasteiger partial charge on any atom is -0.355 e. The second kappa shape index (κ2) is 8.77. The highest BCUT2D eigenvalue weighted by molar-refractivity contribution is 8.00. The second-order valence-corrected chi connectivity index (χ2v) is 8.72. The lowest BCUT2D eigenvalue weighted by atomic mass is 10.1. The van der Waals surface area contributed by atoms with Crippen LogP contribution in [-0.4, -0.2) is 21.3 Å². The molecule has 2 aromatic heterocycles. The second-order valence-electron chi connectivity index (χ2n) is 6.08. The van der Waals surface area contributed by atoms with Crippen molar-refractivity contribution in [2.24, 2.45) is 0 Å². The number of aromatic nitrogens is 3. The molecule has 0 aliphatic heterocycles. The quantitative estimate of drug-likeness (QED) is 0.304. The molecule has 1 N–H and O–H groups in total. The fourth-order valence-corrected chi connectivity index (χ4v) is 4.46. The summed E-state index contributed by atoms with van der Waals surface area (Å²) in [6.45, 7) is 1.73. The molecular weight excluding hydrogens is 428 g/mol. The average Bonchev–Trinajstić information content (AvgIpc) is 3.34. The highest BCUT2D eigenvalue weighted by Crippen LogP contribution is 2.30. The van der Waals surface area contributed by atoms with Crippen molar-refractivity contribution in [2.75, 3.05) is 5.32 Å². The summed E-state index contributed by atoms with van der Waals surface area (Å²) in [6, 6.07) is 17.0. The first-order valence-corrected chi connectivity index (χ1v) is 10.8. The normalized spacial score (nSPS) is 10.8. The summed E-state index contributed by atoms with van der Waals surface area (Å²) >= 11 is 8.77. The van der Waals surface area contributed by atoms with Gasteiger partial charge < -0.3 is 4.52 Å². The van der Waals surface area contributed by atoms with Crippen molar-refractivity contribution in [3.8, 4) is 11.3 Å². The average molecular weight is 443 g/mol. The third kappa shape index (κ3) is 4.67. The van der Waals surface area contributed by atoms with Gasteiger partial charge in [0.2, 0.25) is 5.13 Å². The first kappa shape index (κ1) is 19.6. The molecule has 2 aromatic carbocycles. The number of benzene rings is 2. The molecule has 1 amide bonds. The van der Waals surface area contributed by atoms with Crippen molar-refractivity contribution in [2.45, 2.75) is 17.0 Å². The van der Waals surface area contributed by atoms with E-state index in [1.54, 1.807) is 18.7 Å². The van der Waals surface area contributed by atoms with Crippen molar-refractivity contribution in [1.82, 2.24) is 15.4 Å². The number of anilines is 1. The van der Waals surface area contributed by atoms with Gasteiger partial charge in [0.25, 0.3) is 5.91 Å². The van der Waals surface area contributed by atoms with Crippen LogP contribution in [0.2, 0.25) is 5.02 Å². The molecule has 0 spiro atoms. The summed E-state index contributed by atoms with van der Waals surface area (Å²) in [6.07, 6.45) is 0. The van der Waals surface area contributed by atoms with Crippen LogP contribution < -0.4 is 5.32 Å². The van der Waals surface area contributed by atoms with Crippen LogP contribution >= 0.6 is 34.7 Å². The molecule has 0 unspecified atom stereocenters. The van der Waals surface area contributed by atoms with E-state index in [-0.39, 0.29) is 5.91 Å². The molecule has 0 radical (unpaired) electrons. The van der Waals surface area contributed by atoms with Gasteiger partial charge in [0.1, 0.15) is 5.56 Å². The SMILES string of the molecule is Cc1noc(-c2ccccc2)c1C(=O)Nc1nnc(SCc2ccc(Cl)cc2)s1. The largest absolute Gasteiger partial charge is 0.355 e. The van der Waals surface area contributed by atoms with E-state index in [9.17, 15) is 4.79 Å².